The van der Waals surface area contributed by atoms with E-state index in [9.17, 15) is 17.6 Å². The third kappa shape index (κ3) is 5.07. The molecule has 4 heterocycles. The second-order valence-corrected chi connectivity index (χ2v) is 11.2. The van der Waals surface area contributed by atoms with Crippen molar-refractivity contribution in [3.63, 3.8) is 0 Å². The van der Waals surface area contributed by atoms with Crippen molar-refractivity contribution in [3.8, 4) is 11.5 Å². The number of nitrogens with one attached hydrogen (secondary N) is 1. The van der Waals surface area contributed by atoms with Crippen LogP contribution in [0.3, 0.4) is 0 Å². The molecule has 36 heavy (non-hydrogen) atoms. The molecule has 0 bridgehead atoms. The minimum Gasteiger partial charge on any atom is -0.448 e. The van der Waals surface area contributed by atoms with E-state index in [-0.39, 0.29) is 29.9 Å². The molecule has 1 aromatic carbocycles. The van der Waals surface area contributed by atoms with E-state index in [1.165, 1.54) is 44.5 Å². The molecule has 13 heteroatoms. The van der Waals surface area contributed by atoms with Crippen molar-refractivity contribution in [2.45, 2.75) is 23.1 Å². The molecule has 190 valence electrons. The van der Waals surface area contributed by atoms with Crippen LogP contribution in [0, 0.1) is 5.82 Å². The van der Waals surface area contributed by atoms with Crippen molar-refractivity contribution >= 4 is 50.7 Å². The first-order chi connectivity index (χ1) is 16.8. The number of halogens is 2. The highest BCUT2D eigenvalue weighted by atomic mass is 35.5. The van der Waals surface area contributed by atoms with Crippen molar-refractivity contribution in [1.29, 1.82) is 0 Å². The number of benzene rings is 1. The van der Waals surface area contributed by atoms with Gasteiger partial charge in [-0.25, -0.2) is 17.8 Å². The van der Waals surface area contributed by atoms with Crippen LogP contribution >= 0.6 is 23.7 Å². The Kier molecular flexibility index (Phi) is 7.59. The van der Waals surface area contributed by atoms with E-state index in [0.29, 0.717) is 47.1 Å². The lowest BCUT2D eigenvalue weighted by atomic mass is 10.1. The maximum Gasteiger partial charge on any atom is 0.294 e. The summed E-state index contributed by atoms with van der Waals surface area (Å²) in [6, 6.07) is 10.7. The summed E-state index contributed by atoms with van der Waals surface area (Å²) < 4.78 is 48.1. The topological polar surface area (TPSA) is 106 Å². The third-order valence-corrected chi connectivity index (χ3v) is 9.12. The molecule has 0 aliphatic carbocycles. The fraction of sp³-hybridized carbons (Fsp3) is 0.261. The van der Waals surface area contributed by atoms with Crippen LogP contribution in [0.25, 0.3) is 11.0 Å². The number of nitrogens with zero attached hydrogens (tertiary/aromatic N) is 4. The lowest BCUT2D eigenvalue weighted by molar-refractivity contribution is 0.330. The Balaban J connectivity index is 0.00000304. The molecule has 1 aliphatic heterocycles. The highest BCUT2D eigenvalue weighted by Gasteiger charge is 2.30. The van der Waals surface area contributed by atoms with Crippen LogP contribution in [0.4, 0.5) is 10.3 Å². The van der Waals surface area contributed by atoms with E-state index in [1.807, 2.05) is 0 Å². The molecule has 1 fully saturated rings. The highest BCUT2D eigenvalue weighted by Crippen LogP contribution is 2.26. The molecule has 1 N–H and O–H groups in total. The number of para-hydroxylation sites is 1. The summed E-state index contributed by atoms with van der Waals surface area (Å²) in [5, 5.41) is 5.56. The van der Waals surface area contributed by atoms with Crippen LogP contribution in [0.5, 0.6) is 11.5 Å². The van der Waals surface area contributed by atoms with Crippen molar-refractivity contribution in [2.24, 2.45) is 7.05 Å². The number of sulfonamides is 1. The predicted molar refractivity (Wildman–Crippen MR) is 138 cm³/mol. The van der Waals surface area contributed by atoms with Crippen molar-refractivity contribution in [1.82, 2.24) is 18.8 Å². The van der Waals surface area contributed by atoms with Gasteiger partial charge in [0, 0.05) is 37.8 Å². The maximum absolute atomic E-state index is 14.0. The van der Waals surface area contributed by atoms with E-state index in [4.69, 9.17) is 4.74 Å². The molecular formula is C23H23ClFN5O4S2. The van der Waals surface area contributed by atoms with Gasteiger partial charge in [-0.1, -0.05) is 18.2 Å². The number of piperidine rings is 1. The zero-order chi connectivity index (χ0) is 24.6. The number of thiophene rings is 1. The molecule has 0 unspecified atom stereocenters. The van der Waals surface area contributed by atoms with Crippen LogP contribution in [-0.4, -0.2) is 46.4 Å². The number of hydrogen-bond donors (Lipinski definition) is 1. The Bertz CT molecular complexity index is 1540. The van der Waals surface area contributed by atoms with Crippen LogP contribution in [0.1, 0.15) is 12.8 Å². The first kappa shape index (κ1) is 26.0. The zero-order valence-electron chi connectivity index (χ0n) is 19.1. The summed E-state index contributed by atoms with van der Waals surface area (Å²) in [7, 11) is -1.91. The molecule has 5 rings (SSSR count). The average molecular weight is 552 g/mol. The van der Waals surface area contributed by atoms with Gasteiger partial charge in [0.15, 0.2) is 17.3 Å². The second-order valence-electron chi connectivity index (χ2n) is 8.13. The summed E-state index contributed by atoms with van der Waals surface area (Å²) in [4.78, 5) is 21.6. The van der Waals surface area contributed by atoms with Gasteiger partial charge in [-0.15, -0.1) is 23.7 Å². The molecule has 1 saturated heterocycles. The Hall–Kier alpha value is -3.06. The number of hydrogen-bond acceptors (Lipinski definition) is 8. The summed E-state index contributed by atoms with van der Waals surface area (Å²) >= 11 is 1.21. The highest BCUT2D eigenvalue weighted by molar-refractivity contribution is 7.91. The molecule has 0 spiro atoms. The van der Waals surface area contributed by atoms with E-state index in [2.05, 4.69) is 15.3 Å². The van der Waals surface area contributed by atoms with Crippen molar-refractivity contribution < 1.29 is 17.5 Å². The number of aryl methyl sites for hydroxylation is 1. The van der Waals surface area contributed by atoms with Crippen molar-refractivity contribution in [2.75, 3.05) is 18.4 Å². The van der Waals surface area contributed by atoms with Gasteiger partial charge in [0.25, 0.3) is 15.6 Å². The van der Waals surface area contributed by atoms with Gasteiger partial charge < -0.3 is 10.1 Å². The van der Waals surface area contributed by atoms with Crippen LogP contribution < -0.4 is 15.6 Å². The maximum atomic E-state index is 14.0. The van der Waals surface area contributed by atoms with E-state index >= 15 is 0 Å². The quantitative estimate of drug-likeness (QED) is 0.386. The molecular weight excluding hydrogens is 529 g/mol. The normalized spacial score (nSPS) is 14.9. The van der Waals surface area contributed by atoms with Crippen LogP contribution in [-0.2, 0) is 17.1 Å². The number of pyridine rings is 1. The lowest BCUT2D eigenvalue weighted by Crippen LogP contribution is -2.42. The van der Waals surface area contributed by atoms with Gasteiger partial charge in [-0.2, -0.15) is 9.29 Å². The average Bonchev–Trinajstić information content (AvgIpc) is 3.41. The summed E-state index contributed by atoms with van der Waals surface area (Å²) in [5.74, 6) is -0.307. The van der Waals surface area contributed by atoms with Crippen LogP contribution in [0.2, 0.25) is 0 Å². The smallest absolute Gasteiger partial charge is 0.294 e. The SMILES string of the molecule is Cl.Cn1c(=O)c(Oc2ccccc2F)cc2cnc(NC3CCN(S(=O)(=O)c4cccs4)CC3)nc21. The van der Waals surface area contributed by atoms with Gasteiger partial charge in [-0.3, -0.25) is 9.36 Å². The Morgan fingerprint density at radius 3 is 2.58 bits per heavy atom. The molecule has 9 nitrogen and oxygen atoms in total. The van der Waals surface area contributed by atoms with E-state index < -0.39 is 21.4 Å². The van der Waals surface area contributed by atoms with Gasteiger partial charge in [-0.05, 0) is 42.5 Å². The largest absolute Gasteiger partial charge is 0.448 e. The molecule has 0 amide bonds. The Labute approximate surface area is 217 Å². The van der Waals surface area contributed by atoms with E-state index in [0.717, 1.165) is 0 Å². The fourth-order valence-electron chi connectivity index (χ4n) is 3.97. The molecule has 0 saturated carbocycles. The monoisotopic (exact) mass is 551 g/mol. The Morgan fingerprint density at radius 1 is 1.14 bits per heavy atom. The summed E-state index contributed by atoms with van der Waals surface area (Å²) in [6.07, 6.45) is 2.76. The zero-order valence-corrected chi connectivity index (χ0v) is 21.6. The molecule has 1 aliphatic rings. The number of ether oxygens (including phenoxy) is 1. The second kappa shape index (κ2) is 10.5. The molecule has 0 atom stereocenters. The molecule has 4 aromatic rings. The van der Waals surface area contributed by atoms with Crippen molar-refractivity contribution in [3.05, 3.63) is 70.2 Å². The number of fused-ring (bicyclic) bond motifs is 1. The van der Waals surface area contributed by atoms with E-state index in [1.54, 1.807) is 36.8 Å². The number of anilines is 1. The first-order valence-corrected chi connectivity index (χ1v) is 13.2. The minimum atomic E-state index is -3.46. The predicted octanol–water partition coefficient (Wildman–Crippen LogP) is 4.01. The summed E-state index contributed by atoms with van der Waals surface area (Å²) in [5.41, 5.74) is -0.0661. The summed E-state index contributed by atoms with van der Waals surface area (Å²) in [6.45, 7) is 0.779. The third-order valence-electron chi connectivity index (χ3n) is 5.85. The van der Waals surface area contributed by atoms with Crippen LogP contribution in [0.15, 0.2) is 63.0 Å². The molecule has 3 aromatic heterocycles. The Morgan fingerprint density at radius 2 is 1.89 bits per heavy atom. The standard InChI is InChI=1S/C23H22FN5O4S2.ClH/c1-28-21-15(13-19(22(28)30)33-18-6-3-2-5-17(18)24)14-25-23(27-21)26-16-8-10-29(11-9-16)35(31,32)20-7-4-12-34-20;/h2-7,12-14,16H,8-11H2,1H3,(H,25,26,27);1H. The number of rotatable bonds is 6. The van der Waals surface area contributed by atoms with Gasteiger partial charge in [0.1, 0.15) is 9.86 Å². The fourth-order valence-corrected chi connectivity index (χ4v) is 6.58. The minimum absolute atomic E-state index is 0. The first-order valence-electron chi connectivity index (χ1n) is 10.9. The van der Waals surface area contributed by atoms with Gasteiger partial charge in [0.2, 0.25) is 5.95 Å². The van der Waals surface area contributed by atoms with Gasteiger partial charge >= 0.3 is 0 Å². The lowest BCUT2D eigenvalue weighted by Gasteiger charge is -2.31. The van der Waals surface area contributed by atoms with Gasteiger partial charge in [0.05, 0.1) is 0 Å². The molecule has 0 radical (unpaired) electrons. The number of aromatic nitrogens is 3.